The molecule has 20 heavy (non-hydrogen) atoms. The number of amides is 1. The Morgan fingerprint density at radius 2 is 2.00 bits per heavy atom. The van der Waals surface area contributed by atoms with Gasteiger partial charge in [-0.1, -0.05) is 30.3 Å². The van der Waals surface area contributed by atoms with Gasteiger partial charge in [0, 0.05) is 16.6 Å². The first kappa shape index (κ1) is 13.0. The fourth-order valence-corrected chi connectivity index (χ4v) is 3.37. The second-order valence-corrected chi connectivity index (χ2v) is 6.41. The number of thiophene rings is 1. The summed E-state index contributed by atoms with van der Waals surface area (Å²) in [6, 6.07) is 11.9. The summed E-state index contributed by atoms with van der Waals surface area (Å²) in [6.45, 7) is 1.97. The van der Waals surface area contributed by atoms with Crippen molar-refractivity contribution in [2.75, 3.05) is 5.32 Å². The summed E-state index contributed by atoms with van der Waals surface area (Å²) in [4.78, 5) is 18.3. The molecule has 3 aromatic rings. The van der Waals surface area contributed by atoms with E-state index in [2.05, 4.69) is 10.3 Å². The van der Waals surface area contributed by atoms with Crippen LogP contribution in [0.4, 0.5) is 5.13 Å². The maximum atomic E-state index is 12.3. The van der Waals surface area contributed by atoms with Crippen LogP contribution in [0.5, 0.6) is 0 Å². The van der Waals surface area contributed by atoms with Gasteiger partial charge in [-0.25, -0.2) is 4.98 Å². The molecule has 2 heterocycles. The maximum Gasteiger partial charge on any atom is 0.268 e. The van der Waals surface area contributed by atoms with Gasteiger partial charge in [-0.15, -0.1) is 22.7 Å². The van der Waals surface area contributed by atoms with Gasteiger partial charge in [-0.2, -0.15) is 0 Å². The zero-order valence-corrected chi connectivity index (χ0v) is 12.4. The highest BCUT2D eigenvalue weighted by molar-refractivity contribution is 7.16. The molecule has 0 aliphatic carbocycles. The van der Waals surface area contributed by atoms with Crippen LogP contribution in [-0.4, -0.2) is 10.9 Å². The fourth-order valence-electron chi connectivity index (χ4n) is 1.90. The molecular weight excluding hydrogens is 288 g/mol. The number of nitrogens with one attached hydrogen (secondary N) is 1. The van der Waals surface area contributed by atoms with Crippen molar-refractivity contribution in [2.24, 2.45) is 0 Å². The van der Waals surface area contributed by atoms with E-state index in [1.54, 1.807) is 6.20 Å². The number of aryl methyl sites for hydroxylation is 1. The number of hydrogen-bond acceptors (Lipinski definition) is 4. The monoisotopic (exact) mass is 300 g/mol. The van der Waals surface area contributed by atoms with Crippen molar-refractivity contribution in [2.45, 2.75) is 6.92 Å². The van der Waals surface area contributed by atoms with Crippen molar-refractivity contribution < 1.29 is 4.79 Å². The van der Waals surface area contributed by atoms with Crippen LogP contribution in [0.25, 0.3) is 11.1 Å². The largest absolute Gasteiger partial charge is 0.297 e. The fraction of sp³-hybridized carbons (Fsp3) is 0.0667. The molecule has 1 aromatic carbocycles. The standard InChI is InChI=1S/C15H12N2OS2/c1-10-9-16-15(20-10)17-14(18)13-12(7-8-19-13)11-5-3-2-4-6-11/h2-9H,1H3,(H,16,17,18). The average Bonchev–Trinajstić information content (AvgIpc) is 3.09. The molecule has 0 spiro atoms. The first-order valence-electron chi connectivity index (χ1n) is 6.11. The third-order valence-electron chi connectivity index (χ3n) is 2.80. The molecule has 1 N–H and O–H groups in total. The summed E-state index contributed by atoms with van der Waals surface area (Å²) in [5.41, 5.74) is 2.01. The Labute approximate surface area is 124 Å². The highest BCUT2D eigenvalue weighted by atomic mass is 32.1. The summed E-state index contributed by atoms with van der Waals surface area (Å²) in [5, 5.41) is 5.43. The number of anilines is 1. The van der Waals surface area contributed by atoms with Crippen LogP contribution >= 0.6 is 22.7 Å². The lowest BCUT2D eigenvalue weighted by Gasteiger charge is -2.03. The topological polar surface area (TPSA) is 42.0 Å². The molecule has 0 bridgehead atoms. The number of aromatic nitrogens is 1. The van der Waals surface area contributed by atoms with Crippen molar-refractivity contribution in [3.8, 4) is 11.1 Å². The highest BCUT2D eigenvalue weighted by Gasteiger charge is 2.15. The first-order chi connectivity index (χ1) is 9.74. The number of carbonyl (C=O) groups is 1. The van der Waals surface area contributed by atoms with Crippen LogP contribution in [0.3, 0.4) is 0 Å². The van der Waals surface area contributed by atoms with Crippen molar-refractivity contribution in [3.63, 3.8) is 0 Å². The van der Waals surface area contributed by atoms with E-state index in [4.69, 9.17) is 0 Å². The lowest BCUT2D eigenvalue weighted by atomic mass is 10.1. The summed E-state index contributed by atoms with van der Waals surface area (Å²) in [7, 11) is 0. The van der Waals surface area contributed by atoms with Gasteiger partial charge in [-0.05, 0) is 23.9 Å². The molecule has 0 saturated carbocycles. The third kappa shape index (κ3) is 2.64. The number of nitrogens with zero attached hydrogens (tertiary/aromatic N) is 1. The van der Waals surface area contributed by atoms with E-state index < -0.39 is 0 Å². The smallest absolute Gasteiger partial charge is 0.268 e. The minimum atomic E-state index is -0.104. The number of rotatable bonds is 3. The molecule has 0 atom stereocenters. The molecule has 0 unspecified atom stereocenters. The van der Waals surface area contributed by atoms with Crippen LogP contribution < -0.4 is 5.32 Å². The number of carbonyl (C=O) groups excluding carboxylic acids is 1. The Bertz CT molecular complexity index is 731. The van der Waals surface area contributed by atoms with Gasteiger partial charge in [0.05, 0.1) is 0 Å². The minimum Gasteiger partial charge on any atom is -0.297 e. The Morgan fingerprint density at radius 3 is 2.70 bits per heavy atom. The van der Waals surface area contributed by atoms with E-state index in [0.29, 0.717) is 10.0 Å². The normalized spacial score (nSPS) is 10.4. The molecule has 3 rings (SSSR count). The molecule has 5 heteroatoms. The van der Waals surface area contributed by atoms with Gasteiger partial charge in [0.25, 0.3) is 5.91 Å². The summed E-state index contributed by atoms with van der Waals surface area (Å²) >= 11 is 2.92. The van der Waals surface area contributed by atoms with E-state index in [1.165, 1.54) is 22.7 Å². The Kier molecular flexibility index (Phi) is 3.62. The lowest BCUT2D eigenvalue weighted by Crippen LogP contribution is -2.10. The number of benzene rings is 1. The van der Waals surface area contributed by atoms with Crippen LogP contribution in [0.2, 0.25) is 0 Å². The predicted molar refractivity (Wildman–Crippen MR) is 84.6 cm³/mol. The van der Waals surface area contributed by atoms with Gasteiger partial charge in [0.15, 0.2) is 5.13 Å². The molecule has 100 valence electrons. The first-order valence-corrected chi connectivity index (χ1v) is 7.80. The van der Waals surface area contributed by atoms with Crippen molar-refractivity contribution in [3.05, 3.63) is 57.7 Å². The van der Waals surface area contributed by atoms with Crippen molar-refractivity contribution in [1.29, 1.82) is 0 Å². The summed E-state index contributed by atoms with van der Waals surface area (Å²) in [6.07, 6.45) is 1.76. The molecule has 0 fully saturated rings. The van der Waals surface area contributed by atoms with Gasteiger partial charge in [-0.3, -0.25) is 10.1 Å². The van der Waals surface area contributed by atoms with Crippen LogP contribution in [-0.2, 0) is 0 Å². The summed E-state index contributed by atoms with van der Waals surface area (Å²) in [5.74, 6) is -0.104. The molecule has 0 saturated heterocycles. The molecule has 3 nitrogen and oxygen atoms in total. The molecule has 1 amide bonds. The van der Waals surface area contributed by atoms with Gasteiger partial charge in [0.1, 0.15) is 4.88 Å². The molecule has 0 aliphatic heterocycles. The van der Waals surface area contributed by atoms with Crippen molar-refractivity contribution >= 4 is 33.7 Å². The second kappa shape index (κ2) is 5.56. The lowest BCUT2D eigenvalue weighted by molar-refractivity contribution is 0.103. The van der Waals surface area contributed by atoms with E-state index >= 15 is 0 Å². The molecule has 0 radical (unpaired) electrons. The molecule has 2 aromatic heterocycles. The van der Waals surface area contributed by atoms with Crippen LogP contribution in [0.1, 0.15) is 14.5 Å². The van der Waals surface area contributed by atoms with E-state index in [9.17, 15) is 4.79 Å². The van der Waals surface area contributed by atoms with Crippen LogP contribution in [0.15, 0.2) is 48.0 Å². The Morgan fingerprint density at radius 1 is 1.20 bits per heavy atom. The summed E-state index contributed by atoms with van der Waals surface area (Å²) < 4.78 is 0. The minimum absolute atomic E-state index is 0.104. The molecular formula is C15H12N2OS2. The average molecular weight is 300 g/mol. The van der Waals surface area contributed by atoms with Gasteiger partial charge in [0.2, 0.25) is 0 Å². The van der Waals surface area contributed by atoms with Gasteiger partial charge >= 0.3 is 0 Å². The quantitative estimate of drug-likeness (QED) is 0.777. The van der Waals surface area contributed by atoms with E-state index in [0.717, 1.165) is 16.0 Å². The Balaban J connectivity index is 1.88. The third-order valence-corrected chi connectivity index (χ3v) is 4.54. The second-order valence-electron chi connectivity index (χ2n) is 4.26. The number of hydrogen-bond donors (Lipinski definition) is 1. The van der Waals surface area contributed by atoms with Crippen molar-refractivity contribution in [1.82, 2.24) is 4.98 Å². The SMILES string of the molecule is Cc1cnc(NC(=O)c2sccc2-c2ccccc2)s1. The Hall–Kier alpha value is -1.98. The highest BCUT2D eigenvalue weighted by Crippen LogP contribution is 2.29. The number of thiazole rings is 1. The van der Waals surface area contributed by atoms with Crippen LogP contribution in [0, 0.1) is 6.92 Å². The van der Waals surface area contributed by atoms with E-state index in [-0.39, 0.29) is 5.91 Å². The van der Waals surface area contributed by atoms with Gasteiger partial charge < -0.3 is 0 Å². The zero-order valence-electron chi connectivity index (χ0n) is 10.8. The predicted octanol–water partition coefficient (Wildman–Crippen LogP) is 4.43. The molecule has 0 aliphatic rings. The van der Waals surface area contributed by atoms with E-state index in [1.807, 2.05) is 48.7 Å². The zero-order chi connectivity index (χ0) is 13.9. The maximum absolute atomic E-state index is 12.3.